The Labute approximate surface area is 188 Å². The van der Waals surface area contributed by atoms with E-state index in [1.54, 1.807) is 42.5 Å². The molecule has 3 aromatic rings. The Morgan fingerprint density at radius 1 is 1.09 bits per heavy atom. The molecule has 1 unspecified atom stereocenters. The van der Waals surface area contributed by atoms with Crippen molar-refractivity contribution >= 4 is 23.1 Å². The third-order valence-corrected chi connectivity index (χ3v) is 5.39. The van der Waals surface area contributed by atoms with Crippen molar-refractivity contribution in [2.45, 2.75) is 12.6 Å². The number of likely N-dealkylation sites (tertiary alicyclic amines) is 1. The summed E-state index contributed by atoms with van der Waals surface area (Å²) in [7, 11) is 1.51. The van der Waals surface area contributed by atoms with Gasteiger partial charge in [0.1, 0.15) is 17.6 Å². The van der Waals surface area contributed by atoms with Crippen LogP contribution in [-0.2, 0) is 16.1 Å². The molecule has 166 valence electrons. The van der Waals surface area contributed by atoms with Crippen molar-refractivity contribution in [3.63, 3.8) is 0 Å². The van der Waals surface area contributed by atoms with Crippen LogP contribution in [-0.4, -0.2) is 38.7 Å². The number of methoxy groups -OCH3 is 1. The van der Waals surface area contributed by atoms with E-state index in [9.17, 15) is 24.8 Å². The quantitative estimate of drug-likeness (QED) is 0.202. The smallest absolute Gasteiger partial charge is 0.296 e. The molecule has 1 atom stereocenters. The number of aliphatic hydroxyl groups excluding tert-OH is 1. The number of nitrogens with zero attached hydrogens (tertiary/aromatic N) is 3. The van der Waals surface area contributed by atoms with Crippen molar-refractivity contribution in [1.82, 2.24) is 9.88 Å². The first-order chi connectivity index (χ1) is 15.9. The Kier molecular flexibility index (Phi) is 5.86. The van der Waals surface area contributed by atoms with E-state index >= 15 is 0 Å². The molecule has 1 saturated heterocycles. The summed E-state index contributed by atoms with van der Waals surface area (Å²) in [5.41, 5.74) is 0.956. The van der Waals surface area contributed by atoms with Gasteiger partial charge in [0, 0.05) is 29.5 Å². The number of rotatable bonds is 6. The summed E-state index contributed by atoms with van der Waals surface area (Å²) < 4.78 is 5.38. The number of Topliss-reactive ketones (excluding diaryl/α,β-unsaturated/α-hetero) is 1. The third kappa shape index (κ3) is 4.03. The average Bonchev–Trinajstić information content (AvgIpc) is 3.09. The minimum atomic E-state index is -0.952. The number of ketones is 1. The predicted molar refractivity (Wildman–Crippen MR) is 118 cm³/mol. The van der Waals surface area contributed by atoms with Crippen LogP contribution in [0, 0.1) is 10.1 Å². The molecule has 0 bridgehead atoms. The lowest BCUT2D eigenvalue weighted by Crippen LogP contribution is -2.29. The van der Waals surface area contributed by atoms with Gasteiger partial charge in [0.15, 0.2) is 0 Å². The van der Waals surface area contributed by atoms with Gasteiger partial charge >= 0.3 is 0 Å². The highest BCUT2D eigenvalue weighted by Crippen LogP contribution is 2.40. The second kappa shape index (κ2) is 8.91. The van der Waals surface area contributed by atoms with Crippen molar-refractivity contribution in [1.29, 1.82) is 0 Å². The standard InChI is InChI=1S/C24H19N3O6/c1-33-19-8-3-2-6-16(19)14-26-21(18-7-4-5-13-25-18)20(23(29)24(26)30)22(28)15-9-11-17(12-10-15)27(31)32/h2-13,21,28H,14H2,1H3/b22-20-. The first kappa shape index (κ1) is 21.7. The number of hydrogen-bond donors (Lipinski definition) is 1. The number of hydrogen-bond acceptors (Lipinski definition) is 7. The van der Waals surface area contributed by atoms with Crippen molar-refractivity contribution in [2.24, 2.45) is 0 Å². The van der Waals surface area contributed by atoms with Crippen LogP contribution in [0.5, 0.6) is 5.75 Å². The number of aromatic nitrogens is 1. The number of aliphatic hydroxyl groups is 1. The zero-order chi connectivity index (χ0) is 23.5. The number of amides is 1. The molecule has 0 aliphatic carbocycles. The molecule has 1 fully saturated rings. The Morgan fingerprint density at radius 2 is 1.79 bits per heavy atom. The summed E-state index contributed by atoms with van der Waals surface area (Å²) >= 11 is 0. The van der Waals surface area contributed by atoms with Crippen molar-refractivity contribution in [3.05, 3.63) is 105 Å². The molecule has 2 aromatic carbocycles. The summed E-state index contributed by atoms with van der Waals surface area (Å²) in [5.74, 6) is -1.53. The number of benzene rings is 2. The van der Waals surface area contributed by atoms with E-state index in [-0.39, 0.29) is 23.4 Å². The fourth-order valence-corrected chi connectivity index (χ4v) is 3.80. The van der Waals surface area contributed by atoms with Gasteiger partial charge in [-0.3, -0.25) is 24.7 Å². The maximum Gasteiger partial charge on any atom is 0.296 e. The van der Waals surface area contributed by atoms with Gasteiger partial charge < -0.3 is 14.7 Å². The Bertz CT molecular complexity index is 1250. The van der Waals surface area contributed by atoms with E-state index in [1.165, 1.54) is 42.5 Å². The maximum atomic E-state index is 13.1. The SMILES string of the molecule is COc1ccccc1CN1C(=O)C(=O)/C(=C(\O)c2ccc([N+](=O)[O-])cc2)C1c1ccccn1. The van der Waals surface area contributed by atoms with E-state index in [0.29, 0.717) is 17.0 Å². The van der Waals surface area contributed by atoms with Crippen LogP contribution in [0.4, 0.5) is 5.69 Å². The molecule has 0 radical (unpaired) electrons. The minimum Gasteiger partial charge on any atom is -0.507 e. The van der Waals surface area contributed by atoms with E-state index in [0.717, 1.165) is 0 Å². The first-order valence-electron chi connectivity index (χ1n) is 9.98. The summed E-state index contributed by atoms with van der Waals surface area (Å²) in [5, 5.41) is 22.0. The van der Waals surface area contributed by atoms with E-state index in [4.69, 9.17) is 4.74 Å². The van der Waals surface area contributed by atoms with Crippen molar-refractivity contribution in [2.75, 3.05) is 7.11 Å². The summed E-state index contributed by atoms with van der Waals surface area (Å²) in [6, 6.07) is 16.3. The van der Waals surface area contributed by atoms with Crippen LogP contribution in [0.25, 0.3) is 5.76 Å². The molecular weight excluding hydrogens is 426 g/mol. The predicted octanol–water partition coefficient (Wildman–Crippen LogP) is 3.62. The number of non-ortho nitro benzene ring substituents is 1. The largest absolute Gasteiger partial charge is 0.507 e. The minimum absolute atomic E-state index is 0.0485. The lowest BCUT2D eigenvalue weighted by atomic mass is 9.98. The molecule has 2 heterocycles. The fraction of sp³-hybridized carbons (Fsp3) is 0.125. The monoisotopic (exact) mass is 445 g/mol. The van der Waals surface area contributed by atoms with Crippen LogP contribution in [0.15, 0.2) is 78.5 Å². The third-order valence-electron chi connectivity index (χ3n) is 5.39. The topological polar surface area (TPSA) is 123 Å². The number of carbonyl (C=O) groups excluding carboxylic acids is 2. The Balaban J connectivity index is 1.84. The van der Waals surface area contributed by atoms with Gasteiger partial charge in [-0.1, -0.05) is 24.3 Å². The highest BCUT2D eigenvalue weighted by atomic mass is 16.6. The maximum absolute atomic E-state index is 13.1. The lowest BCUT2D eigenvalue weighted by Gasteiger charge is -2.25. The number of para-hydroxylation sites is 1. The molecule has 9 heteroatoms. The molecule has 1 aromatic heterocycles. The number of carbonyl (C=O) groups is 2. The molecule has 1 N–H and O–H groups in total. The summed E-state index contributed by atoms with van der Waals surface area (Å²) in [6.45, 7) is 0.0485. The number of pyridine rings is 1. The molecule has 9 nitrogen and oxygen atoms in total. The Morgan fingerprint density at radius 3 is 2.42 bits per heavy atom. The molecular formula is C24H19N3O6. The second-order valence-electron chi connectivity index (χ2n) is 7.30. The highest BCUT2D eigenvalue weighted by Gasteiger charge is 2.47. The average molecular weight is 445 g/mol. The van der Waals surface area contributed by atoms with Gasteiger partial charge in [-0.05, 0) is 30.3 Å². The first-order valence-corrected chi connectivity index (χ1v) is 9.98. The molecule has 1 amide bonds. The van der Waals surface area contributed by atoms with Gasteiger partial charge in [-0.25, -0.2) is 0 Å². The number of ether oxygens (including phenoxy) is 1. The summed E-state index contributed by atoms with van der Waals surface area (Å²) in [6.07, 6.45) is 1.53. The zero-order valence-electron chi connectivity index (χ0n) is 17.5. The molecule has 0 spiro atoms. The van der Waals surface area contributed by atoms with Crippen LogP contribution in [0.1, 0.15) is 22.9 Å². The van der Waals surface area contributed by atoms with Crippen molar-refractivity contribution < 1.29 is 24.4 Å². The Hall–Kier alpha value is -4.53. The number of nitro benzene ring substituents is 1. The fourth-order valence-electron chi connectivity index (χ4n) is 3.80. The summed E-state index contributed by atoms with van der Waals surface area (Å²) in [4.78, 5) is 42.1. The van der Waals surface area contributed by atoms with Gasteiger partial charge in [-0.2, -0.15) is 0 Å². The van der Waals surface area contributed by atoms with Gasteiger partial charge in [0.2, 0.25) is 0 Å². The second-order valence-corrected chi connectivity index (χ2v) is 7.30. The molecule has 1 aliphatic heterocycles. The van der Waals surface area contributed by atoms with E-state index < -0.39 is 28.4 Å². The highest BCUT2D eigenvalue weighted by molar-refractivity contribution is 6.46. The van der Waals surface area contributed by atoms with Crippen LogP contribution >= 0.6 is 0 Å². The number of nitro groups is 1. The lowest BCUT2D eigenvalue weighted by molar-refractivity contribution is -0.384. The van der Waals surface area contributed by atoms with Gasteiger partial charge in [0.05, 0.1) is 29.8 Å². The van der Waals surface area contributed by atoms with E-state index in [1.807, 2.05) is 0 Å². The van der Waals surface area contributed by atoms with Crippen LogP contribution < -0.4 is 4.74 Å². The van der Waals surface area contributed by atoms with Gasteiger partial charge in [0.25, 0.3) is 17.4 Å². The van der Waals surface area contributed by atoms with E-state index in [2.05, 4.69) is 4.98 Å². The molecule has 33 heavy (non-hydrogen) atoms. The van der Waals surface area contributed by atoms with Crippen LogP contribution in [0.2, 0.25) is 0 Å². The van der Waals surface area contributed by atoms with Gasteiger partial charge in [-0.15, -0.1) is 0 Å². The molecule has 0 saturated carbocycles. The zero-order valence-corrected chi connectivity index (χ0v) is 17.5. The normalized spacial score (nSPS) is 17.2. The molecule has 1 aliphatic rings. The molecule has 4 rings (SSSR count). The van der Waals surface area contributed by atoms with Crippen molar-refractivity contribution in [3.8, 4) is 5.75 Å². The van der Waals surface area contributed by atoms with Crippen LogP contribution in [0.3, 0.4) is 0 Å².